The van der Waals surface area contributed by atoms with Crippen LogP contribution in [0.2, 0.25) is 0 Å². The maximum atomic E-state index is 11.7. The zero-order valence-corrected chi connectivity index (χ0v) is 62.1. The molecule has 0 amide bonds. The van der Waals surface area contributed by atoms with Crippen LogP contribution in [-0.2, 0) is 26.4 Å². The van der Waals surface area contributed by atoms with E-state index in [-0.39, 0.29) is 223 Å². The molecule has 0 aliphatic carbocycles. The molecule has 0 atom stereocenters. The Kier molecular flexibility index (Phi) is 82.8. The van der Waals surface area contributed by atoms with Crippen LogP contribution in [0.15, 0.2) is 211 Å². The van der Waals surface area contributed by atoms with Crippen LogP contribution >= 0.6 is 0 Å². The fraction of sp³-hybridized carbons (Fsp3) is 0.188. The molecular weight excluding hydrogens is 1920 g/mol. The molecule has 0 aliphatic heterocycles. The van der Waals surface area contributed by atoms with Crippen LogP contribution in [0.5, 0.6) is 23.0 Å². The minimum Gasteiger partial charge on any atom is -0.872 e. The fourth-order valence-electron chi connectivity index (χ4n) is 5.87. The average Bonchev–Trinajstić information content (AvgIpc) is 0.975. The number of pyridine rings is 4. The predicted molar refractivity (Wildman–Crippen MR) is 337 cm³/mol. The summed E-state index contributed by atoms with van der Waals surface area (Å²) < 4.78 is 0. The first-order valence-corrected chi connectivity index (χ1v) is 26.7. The van der Waals surface area contributed by atoms with Crippen molar-refractivity contribution in [3.05, 3.63) is 238 Å². The van der Waals surface area contributed by atoms with E-state index in [0.29, 0.717) is 45.0 Å². The first kappa shape index (κ1) is 110. The van der Waals surface area contributed by atoms with Crippen LogP contribution in [-0.4, -0.2) is 166 Å². The van der Waals surface area contributed by atoms with Crippen LogP contribution in [0.3, 0.4) is 0 Å². The molecule has 0 aliphatic rings. The number of hydrogen-bond donors (Lipinski definition) is 8. The summed E-state index contributed by atoms with van der Waals surface area (Å²) >= 11 is 0. The van der Waals surface area contributed by atoms with E-state index >= 15 is 0 Å². The molecule has 0 spiro atoms. The summed E-state index contributed by atoms with van der Waals surface area (Å²) in [5.41, 5.74) is 3.24. The summed E-state index contributed by atoms with van der Waals surface area (Å²) in [5.74, 6) is -3.34. The molecule has 0 saturated heterocycles. The summed E-state index contributed by atoms with van der Waals surface area (Å²) in [6, 6.07) is 43.8. The van der Waals surface area contributed by atoms with Crippen LogP contribution in [0.4, 0.5) is 0 Å². The number of aliphatic hydroxyl groups excluding tert-OH is 8. The van der Waals surface area contributed by atoms with Gasteiger partial charge in [0.15, 0.2) is 0 Å². The standard InChI is InChI=1S/4C14H13N3O3.4CH4O.4CH3O.4Ho/c4*18-9-11-5-3-6-12(16-11)14(20)17-15-8-10-4-1-2-7-13(10)19;8*1-2;;;;/h4*1-8,18-19H,9H2,(H,17,20);4*2H,1H3;4*1H3;;;;/q;;;;;;;;4*-1;4*+3/p-8/b4*15-8+;;;;;;;;;;;;. The van der Waals surface area contributed by atoms with Gasteiger partial charge in [0, 0.05) is 52.0 Å². The van der Waals surface area contributed by atoms with Gasteiger partial charge in [-0.1, -0.05) is 144 Å². The van der Waals surface area contributed by atoms with E-state index in [9.17, 15) is 40.9 Å². The monoisotopic (exact) mass is 1990 g/mol. The van der Waals surface area contributed by atoms with Gasteiger partial charge in [0.25, 0.3) is 0 Å². The molecule has 4 aromatic carbocycles. The first-order chi connectivity index (χ1) is 46.8. The molecule has 0 radical (unpaired) electrons. The molecule has 8 aromatic rings. The van der Waals surface area contributed by atoms with Crippen LogP contribution in [0.25, 0.3) is 0 Å². The molecule has 0 fully saturated rings. The zero-order valence-electron chi connectivity index (χ0n) is 54.4. The van der Waals surface area contributed by atoms with Gasteiger partial charge in [-0.25, -0.2) is 19.9 Å². The van der Waals surface area contributed by atoms with Crippen molar-refractivity contribution < 1.29 is 253 Å². The van der Waals surface area contributed by atoms with Crippen LogP contribution < -0.4 is 61.3 Å². The summed E-state index contributed by atoms with van der Waals surface area (Å²) in [7, 11) is 7.00. The summed E-state index contributed by atoms with van der Waals surface area (Å²) in [4.78, 5) is 15.6. The zero-order chi connectivity index (χ0) is 73.5. The number of rotatable bonds is 16. The second kappa shape index (κ2) is 75.5. The Hall–Kier alpha value is -6.20. The van der Waals surface area contributed by atoms with E-state index in [1.807, 2.05) is 0 Å². The van der Waals surface area contributed by atoms with Crippen molar-refractivity contribution in [2.24, 2.45) is 40.8 Å². The fourth-order valence-corrected chi connectivity index (χ4v) is 5.87. The van der Waals surface area contributed by atoms with Gasteiger partial charge in [-0.15, -0.1) is 0 Å². The van der Waals surface area contributed by atoms with E-state index in [4.69, 9.17) is 61.3 Å². The van der Waals surface area contributed by atoms with Crippen molar-refractivity contribution in [3.8, 4) is 23.0 Å². The van der Waals surface area contributed by atoms with E-state index in [1.165, 1.54) is 73.4 Å². The van der Waals surface area contributed by atoms with E-state index in [1.54, 1.807) is 121 Å². The molecule has 0 saturated carbocycles. The van der Waals surface area contributed by atoms with Gasteiger partial charge in [0.2, 0.25) is 0 Å². The number of aromatic nitrogens is 4. The third-order valence-corrected chi connectivity index (χ3v) is 9.81. The van der Waals surface area contributed by atoms with Crippen molar-refractivity contribution in [1.82, 2.24) is 19.9 Å². The molecule has 36 heteroatoms. The van der Waals surface area contributed by atoms with Crippen LogP contribution in [0, 0.1) is 151 Å². The Morgan fingerprint density at radius 3 is 0.590 bits per heavy atom. The molecular formula is C64H72Ho4N12O20. The Bertz CT molecular complexity index is 3120. The van der Waals surface area contributed by atoms with Gasteiger partial charge in [-0.05, 0) is 70.8 Å². The number of nitrogens with zero attached hydrogens (tertiary/aromatic N) is 12. The Morgan fingerprint density at radius 2 is 0.440 bits per heavy atom. The predicted octanol–water partition coefficient (Wildman–Crippen LogP) is -6.51. The molecule has 4 aromatic heterocycles. The van der Waals surface area contributed by atoms with Gasteiger partial charge in [-0.3, -0.25) is 0 Å². The minimum absolute atomic E-state index is 0. The summed E-state index contributed by atoms with van der Waals surface area (Å²) in [6.45, 7) is -1.02. The molecule has 100 heavy (non-hydrogen) atoms. The molecule has 8 N–H and O–H groups in total. The maximum absolute atomic E-state index is 11.7. The third kappa shape index (κ3) is 47.8. The van der Waals surface area contributed by atoms with Crippen molar-refractivity contribution in [1.29, 1.82) is 0 Å². The largest absolute Gasteiger partial charge is 3.00 e. The second-order valence-corrected chi connectivity index (χ2v) is 15.4. The third-order valence-electron chi connectivity index (χ3n) is 9.81. The van der Waals surface area contributed by atoms with Gasteiger partial charge in [0.1, 0.15) is 0 Å². The number of para-hydroxylation sites is 4. The minimum atomic E-state index is -0.639. The topological polar surface area (TPSA) is 589 Å². The Labute approximate surface area is 697 Å². The van der Waals surface area contributed by atoms with Gasteiger partial charge < -0.3 is 102 Å². The summed E-state index contributed by atoms with van der Waals surface area (Å²) in [5, 5.41) is 217. The molecule has 8 rings (SSSR count). The smallest absolute Gasteiger partial charge is 0.872 e. The quantitative estimate of drug-likeness (QED) is 0.0193. The first-order valence-electron chi connectivity index (χ1n) is 26.7. The molecule has 32 nitrogen and oxygen atoms in total. The van der Waals surface area contributed by atoms with Crippen molar-refractivity contribution in [2.45, 2.75) is 26.4 Å². The van der Waals surface area contributed by atoms with Gasteiger partial charge in [-0.2, -0.15) is 69.3 Å². The average molecular weight is 1990 g/mol. The van der Waals surface area contributed by atoms with E-state index in [2.05, 4.69) is 60.7 Å². The van der Waals surface area contributed by atoms with Crippen molar-refractivity contribution >= 4 is 48.4 Å². The number of aliphatic hydroxyl groups is 8. The SMILES string of the molecule is CO.CO.CO.CO.C[O-].C[O-].C[O-].C[O-].[Ho+3].[Ho+3].[Ho+3].[Ho+3].[O-]/C(=N\N=C\c1ccccc1[O-])c1cccc(CO)n1.[O-]/C(=N\N=C\c1ccccc1[O-])c1cccc(CO)n1.[O-]/C(=N\N=C\c1ccccc1[O-])c1cccc(CO)n1.[O-]/C(=N\N=C\c1ccccc1[O-])c1cccc(CO)n1. The Balaban J connectivity index is -0.000000174. The number of benzene rings is 4. The van der Waals surface area contributed by atoms with Gasteiger partial charge >= 0.3 is 151 Å². The normalized spacial score (nSPS) is 10.0. The second-order valence-electron chi connectivity index (χ2n) is 15.4. The summed E-state index contributed by atoms with van der Waals surface area (Å²) in [6.07, 6.45) is 4.87. The van der Waals surface area contributed by atoms with Crippen molar-refractivity contribution in [2.75, 3.05) is 56.9 Å². The van der Waals surface area contributed by atoms with Crippen LogP contribution in [0.1, 0.15) is 67.8 Å². The van der Waals surface area contributed by atoms with Gasteiger partial charge in [0.05, 0.1) is 96.8 Å². The van der Waals surface area contributed by atoms with E-state index < -0.39 is 23.6 Å². The number of hydrogen-bond acceptors (Lipinski definition) is 32. The molecule has 552 valence electrons. The molecule has 0 bridgehead atoms. The molecule has 4 heterocycles. The maximum Gasteiger partial charge on any atom is 3.00 e. The Morgan fingerprint density at radius 1 is 0.280 bits per heavy atom. The van der Waals surface area contributed by atoms with E-state index in [0.717, 1.165) is 56.9 Å². The molecule has 0 unspecified atom stereocenters. The van der Waals surface area contributed by atoms with Crippen molar-refractivity contribution in [3.63, 3.8) is 0 Å².